The first-order valence-corrected chi connectivity index (χ1v) is 9.00. The number of carbonyl (C=O) groups is 2. The Morgan fingerprint density at radius 2 is 1.96 bits per heavy atom. The molecule has 0 aliphatic carbocycles. The van der Waals surface area contributed by atoms with E-state index in [0.29, 0.717) is 5.13 Å². The monoisotopic (exact) mass is 386 g/mol. The molecule has 1 amide bonds. The molecular formula is C17H18N6O3S. The van der Waals surface area contributed by atoms with Crippen molar-refractivity contribution < 1.29 is 14.3 Å². The Morgan fingerprint density at radius 1 is 1.22 bits per heavy atom. The van der Waals surface area contributed by atoms with Gasteiger partial charge in [-0.25, -0.2) is 14.5 Å². The fourth-order valence-electron chi connectivity index (χ4n) is 2.54. The Balaban J connectivity index is 1.92. The van der Waals surface area contributed by atoms with Gasteiger partial charge in [0.2, 0.25) is 0 Å². The van der Waals surface area contributed by atoms with Crippen LogP contribution in [0.5, 0.6) is 0 Å². The molecule has 0 aliphatic rings. The fraction of sp³-hybridized carbons (Fsp3) is 0.294. The maximum atomic E-state index is 13.0. The number of benzene rings is 1. The number of methoxy groups -OCH3 is 1. The molecular weight excluding hydrogens is 368 g/mol. The number of carbonyl (C=O) groups excluding carboxylic acids is 2. The smallest absolute Gasteiger partial charge is 0.357 e. The lowest BCUT2D eigenvalue weighted by molar-refractivity contribution is -0.118. The van der Waals surface area contributed by atoms with Gasteiger partial charge in [-0.1, -0.05) is 44.2 Å². The Morgan fingerprint density at radius 3 is 2.56 bits per heavy atom. The summed E-state index contributed by atoms with van der Waals surface area (Å²) in [6.07, 6.45) is 1.37. The number of nitrogens with one attached hydrogen (secondary N) is 1. The molecule has 0 fully saturated rings. The molecule has 0 saturated carbocycles. The Hall–Kier alpha value is -3.14. The van der Waals surface area contributed by atoms with Crippen molar-refractivity contribution in [2.24, 2.45) is 0 Å². The number of nitrogens with zero attached hydrogens (tertiary/aromatic N) is 5. The highest BCUT2D eigenvalue weighted by Crippen LogP contribution is 2.31. The molecule has 1 N–H and O–H groups in total. The molecule has 27 heavy (non-hydrogen) atoms. The minimum Gasteiger partial charge on any atom is -0.464 e. The second kappa shape index (κ2) is 8.04. The van der Waals surface area contributed by atoms with E-state index < -0.39 is 12.0 Å². The quantitative estimate of drug-likeness (QED) is 0.647. The highest BCUT2D eigenvalue weighted by molar-refractivity contribution is 7.16. The summed E-state index contributed by atoms with van der Waals surface area (Å²) in [6.45, 7) is 3.89. The van der Waals surface area contributed by atoms with Crippen LogP contribution < -0.4 is 5.32 Å². The van der Waals surface area contributed by atoms with Crippen LogP contribution in [-0.2, 0) is 9.53 Å². The molecule has 3 rings (SSSR count). The van der Waals surface area contributed by atoms with E-state index in [1.165, 1.54) is 29.5 Å². The molecule has 0 saturated heterocycles. The zero-order valence-electron chi connectivity index (χ0n) is 15.0. The van der Waals surface area contributed by atoms with Gasteiger partial charge in [0.15, 0.2) is 16.9 Å². The number of amides is 1. The summed E-state index contributed by atoms with van der Waals surface area (Å²) in [6, 6.07) is 8.37. The van der Waals surface area contributed by atoms with E-state index in [0.717, 1.165) is 10.4 Å². The van der Waals surface area contributed by atoms with Gasteiger partial charge in [0, 0.05) is 4.88 Å². The second-order valence-electron chi connectivity index (χ2n) is 5.97. The average molecular weight is 386 g/mol. The Labute approximate surface area is 159 Å². The third-order valence-corrected chi connectivity index (χ3v) is 5.05. The van der Waals surface area contributed by atoms with Gasteiger partial charge in [-0.2, -0.15) is 0 Å². The highest BCUT2D eigenvalue weighted by atomic mass is 32.1. The standard InChI is InChI=1S/C17H18N6O3S/c1-10(2)14-12(16(25)26-3)19-17(27-14)20-15(24)13(23-9-18-21-22-23)11-7-5-4-6-8-11/h4-10,13H,1-3H3,(H,19,20,24). The van der Waals surface area contributed by atoms with Crippen molar-refractivity contribution in [1.29, 1.82) is 0 Å². The van der Waals surface area contributed by atoms with Gasteiger partial charge in [0.1, 0.15) is 6.33 Å². The summed E-state index contributed by atoms with van der Waals surface area (Å²) in [4.78, 5) is 29.9. The summed E-state index contributed by atoms with van der Waals surface area (Å²) in [5, 5.41) is 14.2. The number of esters is 1. The van der Waals surface area contributed by atoms with Crippen LogP contribution in [0, 0.1) is 0 Å². The highest BCUT2D eigenvalue weighted by Gasteiger charge is 2.27. The third-order valence-electron chi connectivity index (χ3n) is 3.78. The molecule has 140 valence electrons. The van der Waals surface area contributed by atoms with E-state index in [1.807, 2.05) is 44.2 Å². The van der Waals surface area contributed by atoms with E-state index in [1.54, 1.807) is 0 Å². The van der Waals surface area contributed by atoms with Gasteiger partial charge in [-0.3, -0.25) is 10.1 Å². The van der Waals surface area contributed by atoms with Gasteiger partial charge in [-0.15, -0.1) is 16.4 Å². The second-order valence-corrected chi connectivity index (χ2v) is 7.00. The van der Waals surface area contributed by atoms with E-state index in [2.05, 4.69) is 25.8 Å². The van der Waals surface area contributed by atoms with E-state index in [9.17, 15) is 9.59 Å². The van der Waals surface area contributed by atoms with Crippen molar-refractivity contribution in [3.05, 3.63) is 52.8 Å². The third kappa shape index (κ3) is 4.00. The zero-order chi connectivity index (χ0) is 19.4. The maximum Gasteiger partial charge on any atom is 0.357 e. The normalized spacial score (nSPS) is 12.0. The van der Waals surface area contributed by atoms with Crippen LogP contribution in [-0.4, -0.2) is 44.2 Å². The molecule has 3 aromatic rings. The summed E-state index contributed by atoms with van der Waals surface area (Å²) < 4.78 is 6.15. The molecule has 2 aromatic heterocycles. The average Bonchev–Trinajstić information content (AvgIpc) is 3.32. The predicted octanol–water partition coefficient (Wildman–Crippen LogP) is 2.27. The van der Waals surface area contributed by atoms with Crippen LogP contribution in [0.4, 0.5) is 5.13 Å². The lowest BCUT2D eigenvalue weighted by Crippen LogP contribution is -2.27. The zero-order valence-corrected chi connectivity index (χ0v) is 15.8. The summed E-state index contributed by atoms with van der Waals surface area (Å²) >= 11 is 1.24. The van der Waals surface area contributed by atoms with E-state index in [-0.39, 0.29) is 17.5 Å². The largest absolute Gasteiger partial charge is 0.464 e. The number of aromatic nitrogens is 5. The fourth-order valence-corrected chi connectivity index (χ4v) is 3.50. The lowest BCUT2D eigenvalue weighted by Gasteiger charge is -2.15. The molecule has 9 nitrogen and oxygen atoms in total. The van der Waals surface area contributed by atoms with Crippen LogP contribution in [0.15, 0.2) is 36.7 Å². The van der Waals surface area contributed by atoms with Crippen LogP contribution in [0.25, 0.3) is 0 Å². The number of rotatable bonds is 6. The van der Waals surface area contributed by atoms with Crippen molar-refractivity contribution in [3.8, 4) is 0 Å². The molecule has 10 heteroatoms. The van der Waals surface area contributed by atoms with E-state index >= 15 is 0 Å². The van der Waals surface area contributed by atoms with Gasteiger partial charge in [0.05, 0.1) is 7.11 Å². The molecule has 1 atom stereocenters. The maximum absolute atomic E-state index is 13.0. The molecule has 0 bridgehead atoms. The molecule has 2 heterocycles. The summed E-state index contributed by atoms with van der Waals surface area (Å²) in [7, 11) is 1.30. The van der Waals surface area contributed by atoms with Crippen molar-refractivity contribution in [2.45, 2.75) is 25.8 Å². The molecule has 1 aromatic carbocycles. The number of hydrogen-bond donors (Lipinski definition) is 1. The topological polar surface area (TPSA) is 112 Å². The lowest BCUT2D eigenvalue weighted by atomic mass is 10.1. The van der Waals surface area contributed by atoms with Gasteiger partial charge >= 0.3 is 5.97 Å². The van der Waals surface area contributed by atoms with Crippen LogP contribution in [0.3, 0.4) is 0 Å². The number of anilines is 1. The number of thiazole rings is 1. The molecule has 0 aliphatic heterocycles. The SMILES string of the molecule is COC(=O)c1nc(NC(=O)C(c2ccccc2)n2cnnn2)sc1C(C)C. The van der Waals surface area contributed by atoms with Crippen molar-refractivity contribution >= 4 is 28.3 Å². The number of ether oxygens (including phenoxy) is 1. The van der Waals surface area contributed by atoms with E-state index in [4.69, 9.17) is 4.74 Å². The van der Waals surface area contributed by atoms with Crippen molar-refractivity contribution in [3.63, 3.8) is 0 Å². The van der Waals surface area contributed by atoms with Gasteiger partial charge < -0.3 is 4.74 Å². The predicted molar refractivity (Wildman–Crippen MR) is 98.6 cm³/mol. The Bertz CT molecular complexity index is 924. The van der Waals surface area contributed by atoms with Crippen molar-refractivity contribution in [2.75, 3.05) is 12.4 Å². The first-order chi connectivity index (χ1) is 13.0. The minimum atomic E-state index is -0.769. The molecule has 0 spiro atoms. The van der Waals surface area contributed by atoms with Crippen LogP contribution >= 0.6 is 11.3 Å². The number of hydrogen-bond acceptors (Lipinski definition) is 8. The minimum absolute atomic E-state index is 0.0617. The van der Waals surface area contributed by atoms with Crippen LogP contribution in [0.1, 0.15) is 46.7 Å². The molecule has 0 radical (unpaired) electrons. The Kier molecular flexibility index (Phi) is 5.55. The summed E-state index contributed by atoms with van der Waals surface area (Å²) in [5.41, 5.74) is 0.933. The van der Waals surface area contributed by atoms with Crippen molar-refractivity contribution in [1.82, 2.24) is 25.2 Å². The first-order valence-electron chi connectivity index (χ1n) is 8.18. The number of tetrazole rings is 1. The molecule has 1 unspecified atom stereocenters. The van der Waals surface area contributed by atoms with Crippen LogP contribution in [0.2, 0.25) is 0 Å². The summed E-state index contributed by atoms with van der Waals surface area (Å²) in [5.74, 6) is -0.837. The first kappa shape index (κ1) is 18.6. The van der Waals surface area contributed by atoms with Gasteiger partial charge in [0.25, 0.3) is 5.91 Å². The van der Waals surface area contributed by atoms with Gasteiger partial charge in [-0.05, 0) is 21.9 Å².